The van der Waals surface area contributed by atoms with Gasteiger partial charge in [0.2, 0.25) is 0 Å². The number of pyridine rings is 2. The average Bonchev–Trinajstić information content (AvgIpc) is 2.73. The molecule has 7 nitrogen and oxygen atoms in total. The van der Waals surface area contributed by atoms with Crippen LogP contribution in [0, 0.1) is 0 Å². The zero-order chi connectivity index (χ0) is 18.6. The standard InChI is InChI=1S/C18H19ClN6OS/c19-13-4-7-21-16-14(5-12-26-17(13)16)22-23-18(27)25-10-8-24(9-11-25)15-3-1-2-6-20-15/h1-4,6-7H,5,8-12H2,(H,23,27)/b22-14-. The number of anilines is 1. The number of nitrogens with one attached hydrogen (secondary N) is 1. The molecule has 0 radical (unpaired) electrons. The predicted molar refractivity (Wildman–Crippen MR) is 110 cm³/mol. The number of fused-ring (bicyclic) bond motifs is 1. The van der Waals surface area contributed by atoms with Crippen molar-refractivity contribution in [2.45, 2.75) is 6.42 Å². The lowest BCUT2D eigenvalue weighted by atomic mass is 10.1. The molecule has 0 aromatic carbocycles. The second kappa shape index (κ2) is 8.06. The van der Waals surface area contributed by atoms with Crippen LogP contribution in [0.4, 0.5) is 5.82 Å². The zero-order valence-electron chi connectivity index (χ0n) is 14.6. The Bertz CT molecular complexity index is 854. The van der Waals surface area contributed by atoms with Crippen LogP contribution in [0.3, 0.4) is 0 Å². The van der Waals surface area contributed by atoms with Crippen LogP contribution in [0.1, 0.15) is 12.1 Å². The van der Waals surface area contributed by atoms with E-state index in [2.05, 4.69) is 30.3 Å². The summed E-state index contributed by atoms with van der Waals surface area (Å²) in [5.41, 5.74) is 4.48. The van der Waals surface area contributed by atoms with Crippen molar-refractivity contribution in [3.63, 3.8) is 0 Å². The highest BCUT2D eigenvalue weighted by molar-refractivity contribution is 7.80. The summed E-state index contributed by atoms with van der Waals surface area (Å²) in [6.07, 6.45) is 4.12. The summed E-state index contributed by atoms with van der Waals surface area (Å²) >= 11 is 11.7. The van der Waals surface area contributed by atoms with Crippen LogP contribution in [0.2, 0.25) is 5.02 Å². The SMILES string of the molecule is S=C(N/N=C1/CCOc2c(Cl)ccnc21)N1CCN(c2ccccn2)CC1. The molecule has 2 aliphatic heterocycles. The van der Waals surface area contributed by atoms with E-state index in [-0.39, 0.29) is 0 Å². The normalized spacial score (nSPS) is 18.0. The van der Waals surface area contributed by atoms with E-state index in [1.165, 1.54) is 0 Å². The van der Waals surface area contributed by atoms with Gasteiger partial charge in [-0.2, -0.15) is 5.10 Å². The lowest BCUT2D eigenvalue weighted by Crippen LogP contribution is -2.51. The van der Waals surface area contributed by atoms with Crippen LogP contribution in [0.25, 0.3) is 0 Å². The van der Waals surface area contributed by atoms with Gasteiger partial charge in [-0.25, -0.2) is 4.98 Å². The summed E-state index contributed by atoms with van der Waals surface area (Å²) in [4.78, 5) is 13.1. The van der Waals surface area contributed by atoms with Crippen molar-refractivity contribution in [1.82, 2.24) is 20.3 Å². The van der Waals surface area contributed by atoms with E-state index in [1.807, 2.05) is 24.4 Å². The minimum Gasteiger partial charge on any atom is -0.489 e. The van der Waals surface area contributed by atoms with E-state index in [4.69, 9.17) is 28.6 Å². The number of piperazine rings is 1. The number of nitrogens with zero attached hydrogens (tertiary/aromatic N) is 5. The number of aromatic nitrogens is 2. The second-order valence-corrected chi connectivity index (χ2v) is 7.00. The molecule has 27 heavy (non-hydrogen) atoms. The molecule has 4 heterocycles. The Hall–Kier alpha value is -2.45. The Kier molecular flexibility index (Phi) is 5.35. The van der Waals surface area contributed by atoms with Gasteiger partial charge in [-0.05, 0) is 30.4 Å². The van der Waals surface area contributed by atoms with Crippen molar-refractivity contribution in [2.75, 3.05) is 37.7 Å². The molecule has 0 saturated carbocycles. The van der Waals surface area contributed by atoms with Crippen molar-refractivity contribution in [2.24, 2.45) is 5.10 Å². The molecule has 1 N–H and O–H groups in total. The topological polar surface area (TPSA) is 65.9 Å². The van der Waals surface area contributed by atoms with E-state index in [0.717, 1.165) is 37.7 Å². The lowest BCUT2D eigenvalue weighted by Gasteiger charge is -2.36. The first-order chi connectivity index (χ1) is 13.2. The van der Waals surface area contributed by atoms with E-state index in [9.17, 15) is 0 Å². The summed E-state index contributed by atoms with van der Waals surface area (Å²) in [7, 11) is 0. The smallest absolute Gasteiger partial charge is 0.189 e. The Morgan fingerprint density at radius 1 is 1.15 bits per heavy atom. The minimum atomic E-state index is 0.522. The van der Waals surface area contributed by atoms with Crippen LogP contribution in [-0.2, 0) is 0 Å². The zero-order valence-corrected chi connectivity index (χ0v) is 16.2. The van der Waals surface area contributed by atoms with Gasteiger partial charge in [0.25, 0.3) is 0 Å². The molecular formula is C18H19ClN6OS. The fourth-order valence-corrected chi connectivity index (χ4v) is 3.54. The highest BCUT2D eigenvalue weighted by Crippen LogP contribution is 2.30. The maximum absolute atomic E-state index is 6.17. The van der Waals surface area contributed by atoms with Crippen LogP contribution < -0.4 is 15.1 Å². The first kappa shape index (κ1) is 17.9. The molecule has 2 aromatic heterocycles. The molecule has 9 heteroatoms. The first-order valence-electron chi connectivity index (χ1n) is 8.77. The second-order valence-electron chi connectivity index (χ2n) is 6.21. The van der Waals surface area contributed by atoms with E-state index in [0.29, 0.717) is 34.6 Å². The molecular weight excluding hydrogens is 384 g/mol. The average molecular weight is 403 g/mol. The van der Waals surface area contributed by atoms with E-state index >= 15 is 0 Å². The van der Waals surface area contributed by atoms with Gasteiger partial charge in [-0.1, -0.05) is 17.7 Å². The van der Waals surface area contributed by atoms with Crippen molar-refractivity contribution in [1.29, 1.82) is 0 Å². The third kappa shape index (κ3) is 3.96. The Labute approximate surface area is 168 Å². The Morgan fingerprint density at radius 3 is 2.78 bits per heavy atom. The summed E-state index contributed by atoms with van der Waals surface area (Å²) < 4.78 is 5.60. The van der Waals surface area contributed by atoms with Gasteiger partial charge in [-0.3, -0.25) is 10.4 Å². The maximum atomic E-state index is 6.17. The van der Waals surface area contributed by atoms with Crippen LogP contribution in [-0.4, -0.2) is 58.5 Å². The molecule has 4 rings (SSSR count). The quantitative estimate of drug-likeness (QED) is 0.610. The van der Waals surface area contributed by atoms with Crippen molar-refractivity contribution in [3.05, 3.63) is 47.4 Å². The molecule has 0 bridgehead atoms. The third-order valence-corrected chi connectivity index (χ3v) is 5.19. The number of hydrogen-bond acceptors (Lipinski definition) is 6. The Morgan fingerprint density at radius 2 is 2.00 bits per heavy atom. The van der Waals surface area contributed by atoms with Gasteiger partial charge in [0.1, 0.15) is 11.5 Å². The molecule has 140 valence electrons. The van der Waals surface area contributed by atoms with Gasteiger partial charge in [0.15, 0.2) is 10.9 Å². The highest BCUT2D eigenvalue weighted by Gasteiger charge is 2.22. The van der Waals surface area contributed by atoms with Crippen molar-refractivity contribution in [3.8, 4) is 5.75 Å². The summed E-state index contributed by atoms with van der Waals surface area (Å²) in [6.45, 7) is 3.88. The van der Waals surface area contributed by atoms with Gasteiger partial charge in [0.05, 0.1) is 17.3 Å². The number of hydrazone groups is 1. The van der Waals surface area contributed by atoms with Crippen LogP contribution in [0.15, 0.2) is 41.8 Å². The highest BCUT2D eigenvalue weighted by atomic mass is 35.5. The fraction of sp³-hybridized carbons (Fsp3) is 0.333. The van der Waals surface area contributed by atoms with Crippen LogP contribution >= 0.6 is 23.8 Å². The van der Waals surface area contributed by atoms with Gasteiger partial charge < -0.3 is 14.5 Å². The molecule has 0 amide bonds. The monoisotopic (exact) mass is 402 g/mol. The molecule has 2 aliphatic rings. The largest absolute Gasteiger partial charge is 0.489 e. The fourth-order valence-electron chi connectivity index (χ4n) is 3.11. The molecule has 0 unspecified atom stereocenters. The molecule has 0 atom stereocenters. The first-order valence-corrected chi connectivity index (χ1v) is 9.56. The molecule has 0 aliphatic carbocycles. The van der Waals surface area contributed by atoms with Crippen molar-refractivity contribution >= 4 is 40.5 Å². The van der Waals surface area contributed by atoms with Gasteiger partial charge in [-0.15, -0.1) is 0 Å². The Balaban J connectivity index is 1.37. The minimum absolute atomic E-state index is 0.522. The van der Waals surface area contributed by atoms with E-state index < -0.39 is 0 Å². The maximum Gasteiger partial charge on any atom is 0.189 e. The molecule has 1 fully saturated rings. The molecule has 2 aromatic rings. The number of thiocarbonyl (C=S) groups is 1. The lowest BCUT2D eigenvalue weighted by molar-refractivity contribution is 0.318. The third-order valence-electron chi connectivity index (χ3n) is 4.54. The summed E-state index contributed by atoms with van der Waals surface area (Å²) in [5, 5.41) is 5.63. The molecule has 1 saturated heterocycles. The van der Waals surface area contributed by atoms with Gasteiger partial charge >= 0.3 is 0 Å². The van der Waals surface area contributed by atoms with Crippen LogP contribution in [0.5, 0.6) is 5.75 Å². The number of rotatable bonds is 2. The van der Waals surface area contributed by atoms with E-state index in [1.54, 1.807) is 12.3 Å². The number of hydrogen-bond donors (Lipinski definition) is 1. The summed E-state index contributed by atoms with van der Waals surface area (Å²) in [6, 6.07) is 7.67. The van der Waals surface area contributed by atoms with Gasteiger partial charge in [0, 0.05) is 45.0 Å². The number of ether oxygens (including phenoxy) is 1. The molecule has 0 spiro atoms. The number of halogens is 1. The van der Waals surface area contributed by atoms with Crippen molar-refractivity contribution < 1.29 is 4.74 Å². The summed E-state index contributed by atoms with van der Waals surface area (Å²) in [5.74, 6) is 1.58. The predicted octanol–water partition coefficient (Wildman–Crippen LogP) is 2.31.